The van der Waals surface area contributed by atoms with Gasteiger partial charge in [0.15, 0.2) is 0 Å². The van der Waals surface area contributed by atoms with Crippen LogP contribution in [0.3, 0.4) is 0 Å². The van der Waals surface area contributed by atoms with E-state index in [1.54, 1.807) is 6.07 Å². The van der Waals surface area contributed by atoms with Crippen LogP contribution in [0.4, 0.5) is 17.1 Å². The van der Waals surface area contributed by atoms with Crippen LogP contribution in [-0.2, 0) is 6.54 Å². The minimum absolute atomic E-state index is 0.0234. The number of fused-ring (bicyclic) bond motifs is 1. The predicted octanol–water partition coefficient (Wildman–Crippen LogP) is 3.81. The Balaban J connectivity index is 1.87. The number of rotatable bonds is 7. The monoisotopic (exact) mass is 372 g/mol. The number of non-ortho nitro benzene ring substituents is 1. The van der Waals surface area contributed by atoms with Crippen molar-refractivity contribution in [3.05, 3.63) is 69.4 Å². The molecule has 3 rings (SSSR count). The molecule has 26 heavy (non-hydrogen) atoms. The highest BCUT2D eigenvalue weighted by atomic mass is 35.5. The van der Waals surface area contributed by atoms with Crippen LogP contribution >= 0.6 is 11.6 Å². The van der Waals surface area contributed by atoms with E-state index in [4.69, 9.17) is 16.7 Å². The molecule has 0 bridgehead atoms. The summed E-state index contributed by atoms with van der Waals surface area (Å²) in [6.07, 6.45) is 0. The van der Waals surface area contributed by atoms with E-state index < -0.39 is 4.92 Å². The third kappa shape index (κ3) is 4.01. The van der Waals surface area contributed by atoms with Crippen molar-refractivity contribution in [3.63, 3.8) is 0 Å². The first kappa shape index (κ1) is 17.9. The molecule has 134 valence electrons. The summed E-state index contributed by atoms with van der Waals surface area (Å²) in [6.45, 7) is 0.646. The lowest BCUT2D eigenvalue weighted by Gasteiger charge is -2.14. The Hall–Kier alpha value is -2.90. The number of aliphatic hydroxyl groups is 1. The van der Waals surface area contributed by atoms with Gasteiger partial charge in [0.05, 0.1) is 28.4 Å². The Labute approximate surface area is 154 Å². The van der Waals surface area contributed by atoms with Gasteiger partial charge < -0.3 is 15.7 Å². The van der Waals surface area contributed by atoms with Crippen molar-refractivity contribution >= 4 is 39.6 Å². The molecule has 1 aromatic heterocycles. The minimum atomic E-state index is -0.453. The molecule has 1 heterocycles. The molecular formula is C18H17ClN4O3. The van der Waals surface area contributed by atoms with Crippen molar-refractivity contribution in [2.75, 3.05) is 23.8 Å². The normalized spacial score (nSPS) is 10.7. The summed E-state index contributed by atoms with van der Waals surface area (Å²) in [5, 5.41) is 27.6. The highest BCUT2D eigenvalue weighted by Crippen LogP contribution is 2.28. The van der Waals surface area contributed by atoms with E-state index in [0.717, 1.165) is 16.5 Å². The lowest BCUT2D eigenvalue weighted by Crippen LogP contribution is -2.09. The topological polar surface area (TPSA) is 100 Å². The molecule has 0 amide bonds. The second-order valence-electron chi connectivity index (χ2n) is 5.62. The molecule has 0 fully saturated rings. The minimum Gasteiger partial charge on any atom is -0.395 e. The number of para-hydroxylation sites is 1. The summed E-state index contributed by atoms with van der Waals surface area (Å²) < 4.78 is 0. The number of nitrogens with one attached hydrogen (secondary N) is 2. The van der Waals surface area contributed by atoms with Gasteiger partial charge in [0, 0.05) is 36.2 Å². The number of nitro groups is 1. The Morgan fingerprint density at radius 1 is 1.12 bits per heavy atom. The molecule has 0 radical (unpaired) electrons. The van der Waals surface area contributed by atoms with Gasteiger partial charge in [-0.25, -0.2) is 4.98 Å². The number of nitrogens with zero attached hydrogens (tertiary/aromatic N) is 2. The molecule has 0 saturated heterocycles. The zero-order valence-electron chi connectivity index (χ0n) is 13.8. The molecule has 7 nitrogen and oxygen atoms in total. The second kappa shape index (κ2) is 7.99. The Kier molecular flexibility index (Phi) is 5.50. The molecule has 0 spiro atoms. The van der Waals surface area contributed by atoms with Crippen LogP contribution < -0.4 is 10.6 Å². The quantitative estimate of drug-likeness (QED) is 0.331. The first-order valence-electron chi connectivity index (χ1n) is 7.99. The van der Waals surface area contributed by atoms with Crippen molar-refractivity contribution < 1.29 is 10.0 Å². The van der Waals surface area contributed by atoms with Crippen molar-refractivity contribution in [1.29, 1.82) is 0 Å². The number of benzene rings is 2. The van der Waals surface area contributed by atoms with E-state index >= 15 is 0 Å². The zero-order valence-corrected chi connectivity index (χ0v) is 14.5. The summed E-state index contributed by atoms with van der Waals surface area (Å²) in [7, 11) is 0. The fourth-order valence-electron chi connectivity index (χ4n) is 2.59. The van der Waals surface area contributed by atoms with Gasteiger partial charge in [0.1, 0.15) is 5.15 Å². The van der Waals surface area contributed by atoms with Crippen molar-refractivity contribution in [3.8, 4) is 0 Å². The number of halogens is 1. The Morgan fingerprint density at radius 3 is 2.69 bits per heavy atom. The predicted molar refractivity (Wildman–Crippen MR) is 103 cm³/mol. The smallest absolute Gasteiger partial charge is 0.271 e. The Bertz CT molecular complexity index is 949. The van der Waals surface area contributed by atoms with E-state index in [9.17, 15) is 10.1 Å². The Morgan fingerprint density at radius 2 is 1.92 bits per heavy atom. The van der Waals surface area contributed by atoms with Crippen LogP contribution in [-0.4, -0.2) is 28.2 Å². The van der Waals surface area contributed by atoms with Gasteiger partial charge in [0.25, 0.3) is 5.69 Å². The zero-order chi connectivity index (χ0) is 18.5. The molecule has 3 N–H and O–H groups in total. The summed E-state index contributed by atoms with van der Waals surface area (Å²) >= 11 is 6.27. The molecule has 0 aliphatic heterocycles. The first-order chi connectivity index (χ1) is 12.6. The average Bonchev–Trinajstić information content (AvgIpc) is 2.64. The summed E-state index contributed by atoms with van der Waals surface area (Å²) in [6, 6.07) is 14.1. The lowest BCUT2D eigenvalue weighted by atomic mass is 10.1. The van der Waals surface area contributed by atoms with Crippen LogP contribution in [0.15, 0.2) is 48.5 Å². The van der Waals surface area contributed by atoms with Gasteiger partial charge in [-0.2, -0.15) is 0 Å². The molecule has 8 heteroatoms. The number of nitro benzene ring substituents is 1. The van der Waals surface area contributed by atoms with Gasteiger partial charge in [0.2, 0.25) is 0 Å². The van der Waals surface area contributed by atoms with Gasteiger partial charge in [-0.15, -0.1) is 0 Å². The summed E-state index contributed by atoms with van der Waals surface area (Å²) in [4.78, 5) is 15.0. The molecule has 2 aromatic carbocycles. The third-order valence-corrected chi connectivity index (χ3v) is 4.19. The van der Waals surface area contributed by atoms with Crippen molar-refractivity contribution in [1.82, 2.24) is 4.98 Å². The molecule has 0 saturated carbocycles. The SMILES string of the molecule is O=[N+]([O-])c1ccc(NCCO)c(NCc2cc3ccccc3nc2Cl)c1. The van der Waals surface area contributed by atoms with E-state index in [2.05, 4.69) is 15.6 Å². The largest absolute Gasteiger partial charge is 0.395 e. The van der Waals surface area contributed by atoms with Gasteiger partial charge >= 0.3 is 0 Å². The third-order valence-electron chi connectivity index (χ3n) is 3.86. The lowest BCUT2D eigenvalue weighted by molar-refractivity contribution is -0.384. The highest BCUT2D eigenvalue weighted by molar-refractivity contribution is 6.30. The van der Waals surface area contributed by atoms with Crippen LogP contribution in [0.2, 0.25) is 5.15 Å². The number of aliphatic hydroxyl groups excluding tert-OH is 1. The average molecular weight is 373 g/mol. The maximum atomic E-state index is 11.0. The summed E-state index contributed by atoms with van der Waals surface area (Å²) in [5.74, 6) is 0. The van der Waals surface area contributed by atoms with Crippen LogP contribution in [0.25, 0.3) is 10.9 Å². The van der Waals surface area contributed by atoms with E-state index in [0.29, 0.717) is 29.6 Å². The molecule has 0 atom stereocenters. The molecular weight excluding hydrogens is 356 g/mol. The number of pyridine rings is 1. The fraction of sp³-hybridized carbons (Fsp3) is 0.167. The van der Waals surface area contributed by atoms with Gasteiger partial charge in [-0.1, -0.05) is 29.8 Å². The number of anilines is 2. The maximum absolute atomic E-state index is 11.0. The standard InChI is InChI=1S/C18H17ClN4O3/c19-18-13(9-12-3-1-2-4-15(12)22-18)11-21-17-10-14(23(25)26)5-6-16(17)20-7-8-24/h1-6,9-10,20-21,24H,7-8,11H2. The number of aromatic nitrogens is 1. The second-order valence-corrected chi connectivity index (χ2v) is 5.98. The van der Waals surface area contributed by atoms with E-state index in [-0.39, 0.29) is 12.3 Å². The fourth-order valence-corrected chi connectivity index (χ4v) is 2.80. The van der Waals surface area contributed by atoms with Gasteiger partial charge in [-0.3, -0.25) is 10.1 Å². The molecule has 0 unspecified atom stereocenters. The van der Waals surface area contributed by atoms with Gasteiger partial charge in [-0.05, 0) is 18.2 Å². The first-order valence-corrected chi connectivity index (χ1v) is 8.37. The van der Waals surface area contributed by atoms with E-state index in [1.165, 1.54) is 12.1 Å². The van der Waals surface area contributed by atoms with Crippen molar-refractivity contribution in [2.45, 2.75) is 6.54 Å². The maximum Gasteiger partial charge on any atom is 0.271 e. The molecule has 0 aliphatic carbocycles. The molecule has 0 aliphatic rings. The number of hydrogen-bond acceptors (Lipinski definition) is 6. The van der Waals surface area contributed by atoms with Crippen LogP contribution in [0.1, 0.15) is 5.56 Å². The number of hydrogen-bond donors (Lipinski definition) is 3. The van der Waals surface area contributed by atoms with Crippen LogP contribution in [0, 0.1) is 10.1 Å². The van der Waals surface area contributed by atoms with Crippen molar-refractivity contribution in [2.24, 2.45) is 0 Å². The van der Waals surface area contributed by atoms with Crippen LogP contribution in [0.5, 0.6) is 0 Å². The highest BCUT2D eigenvalue weighted by Gasteiger charge is 2.12. The summed E-state index contributed by atoms with van der Waals surface area (Å²) in [5.41, 5.74) is 2.78. The molecule has 3 aromatic rings. The van der Waals surface area contributed by atoms with E-state index in [1.807, 2.05) is 30.3 Å².